The summed E-state index contributed by atoms with van der Waals surface area (Å²) in [6.45, 7) is 1.90. The third kappa shape index (κ3) is 2.99. The Morgan fingerprint density at radius 2 is 2.08 bits per heavy atom. The Kier molecular flexibility index (Phi) is 3.74. The zero-order valence-corrected chi connectivity index (χ0v) is 14.0. The molecule has 0 unspecified atom stereocenters. The minimum absolute atomic E-state index is 0.234. The molecule has 0 spiro atoms. The Bertz CT molecular complexity index is 1130. The fourth-order valence-corrected chi connectivity index (χ4v) is 2.72. The van der Waals surface area contributed by atoms with Crippen LogP contribution in [0.4, 0.5) is 5.69 Å². The van der Waals surface area contributed by atoms with Gasteiger partial charge in [0, 0.05) is 16.9 Å². The number of aromatic nitrogens is 3. The van der Waals surface area contributed by atoms with E-state index in [2.05, 4.69) is 20.3 Å². The summed E-state index contributed by atoms with van der Waals surface area (Å²) >= 11 is 5.95. The summed E-state index contributed by atoms with van der Waals surface area (Å²) < 4.78 is 5.61. The number of halogens is 1. The molecule has 25 heavy (non-hydrogen) atoms. The Hall–Kier alpha value is -3.12. The molecule has 4 rings (SSSR count). The lowest BCUT2D eigenvalue weighted by atomic mass is 10.2. The Labute approximate surface area is 147 Å². The lowest BCUT2D eigenvalue weighted by Crippen LogP contribution is -1.93. The van der Waals surface area contributed by atoms with Crippen molar-refractivity contribution in [2.75, 3.05) is 5.32 Å². The first kappa shape index (κ1) is 15.4. The van der Waals surface area contributed by atoms with Crippen LogP contribution in [0.2, 0.25) is 5.02 Å². The second kappa shape index (κ2) is 6.07. The normalized spacial score (nSPS) is 12.0. The monoisotopic (exact) mass is 352 g/mol. The van der Waals surface area contributed by atoms with Crippen LogP contribution in [0.25, 0.3) is 27.7 Å². The molecule has 2 heterocycles. The summed E-state index contributed by atoms with van der Waals surface area (Å²) in [5.74, 6) is 1.08. The molecule has 2 N–H and O–H groups in total. The Morgan fingerprint density at radius 1 is 1.20 bits per heavy atom. The van der Waals surface area contributed by atoms with Gasteiger partial charge >= 0.3 is 0 Å². The first-order valence-corrected chi connectivity index (χ1v) is 7.95. The van der Waals surface area contributed by atoms with Gasteiger partial charge in [0.15, 0.2) is 11.9 Å². The van der Waals surface area contributed by atoms with E-state index in [1.807, 2.05) is 25.1 Å². The maximum atomic E-state index is 11.4. The van der Waals surface area contributed by atoms with E-state index >= 15 is 0 Å². The van der Waals surface area contributed by atoms with Crippen molar-refractivity contribution in [3.63, 3.8) is 0 Å². The molecular formula is C18H13ClN4O2. The van der Waals surface area contributed by atoms with Gasteiger partial charge in [-0.05, 0) is 43.3 Å². The smallest absolute Gasteiger partial charge is 0.232 e. The number of nitrogens with one attached hydrogen (secondary N) is 2. The van der Waals surface area contributed by atoms with Gasteiger partial charge < -0.3 is 14.7 Å². The van der Waals surface area contributed by atoms with Gasteiger partial charge in [0.05, 0.1) is 16.6 Å². The number of allylic oxidation sites excluding steroid dienone is 1. The number of nitrogens with zero attached hydrogens (tertiary/aromatic N) is 2. The van der Waals surface area contributed by atoms with Gasteiger partial charge in [-0.2, -0.15) is 0 Å². The Balaban J connectivity index is 1.65. The van der Waals surface area contributed by atoms with E-state index in [0.717, 1.165) is 22.5 Å². The average molecular weight is 353 g/mol. The van der Waals surface area contributed by atoms with Crippen molar-refractivity contribution in [3.05, 3.63) is 59.3 Å². The number of aryl methyl sites for hydroxylation is 1. The quantitative estimate of drug-likeness (QED) is 0.422. The summed E-state index contributed by atoms with van der Waals surface area (Å²) in [6.07, 6.45) is 2.25. The highest BCUT2D eigenvalue weighted by atomic mass is 35.5. The minimum atomic E-state index is 0.234. The van der Waals surface area contributed by atoms with Crippen LogP contribution in [0, 0.1) is 6.92 Å². The molecule has 2 aromatic heterocycles. The first-order valence-electron chi connectivity index (χ1n) is 7.57. The van der Waals surface area contributed by atoms with E-state index < -0.39 is 0 Å². The van der Waals surface area contributed by atoms with Gasteiger partial charge in [-0.25, -0.2) is 9.97 Å². The average Bonchev–Trinajstić information content (AvgIpc) is 3.16. The van der Waals surface area contributed by atoms with E-state index in [4.69, 9.17) is 16.0 Å². The molecule has 0 aliphatic carbocycles. The van der Waals surface area contributed by atoms with Gasteiger partial charge in [-0.15, -0.1) is 0 Å². The highest BCUT2D eigenvalue weighted by Crippen LogP contribution is 2.23. The van der Waals surface area contributed by atoms with Gasteiger partial charge in [0.1, 0.15) is 11.3 Å². The highest BCUT2D eigenvalue weighted by Gasteiger charge is 2.11. The summed E-state index contributed by atoms with van der Waals surface area (Å²) in [5, 5.41) is 3.64. The van der Waals surface area contributed by atoms with Crippen LogP contribution in [0.15, 0.2) is 47.0 Å². The van der Waals surface area contributed by atoms with Crippen molar-refractivity contribution in [1.29, 1.82) is 0 Å². The van der Waals surface area contributed by atoms with E-state index in [1.165, 1.54) is 0 Å². The second-order valence-electron chi connectivity index (χ2n) is 5.55. The predicted molar refractivity (Wildman–Crippen MR) is 97.5 cm³/mol. The van der Waals surface area contributed by atoms with Crippen LogP contribution in [0.3, 0.4) is 0 Å². The lowest BCUT2D eigenvalue weighted by Gasteiger charge is -2.01. The molecule has 0 aliphatic rings. The molecule has 0 bridgehead atoms. The number of aromatic amines is 1. The van der Waals surface area contributed by atoms with E-state index in [9.17, 15) is 4.79 Å². The maximum Gasteiger partial charge on any atom is 0.232 e. The molecule has 124 valence electrons. The molecule has 0 aliphatic heterocycles. The number of rotatable bonds is 4. The summed E-state index contributed by atoms with van der Waals surface area (Å²) in [5.41, 5.74) is 4.09. The molecule has 0 saturated carbocycles. The summed E-state index contributed by atoms with van der Waals surface area (Å²) in [7, 11) is 0. The zero-order valence-electron chi connectivity index (χ0n) is 13.2. The van der Waals surface area contributed by atoms with Crippen molar-refractivity contribution < 1.29 is 9.21 Å². The molecule has 0 amide bonds. The third-order valence-electron chi connectivity index (χ3n) is 3.72. The topological polar surface area (TPSA) is 83.8 Å². The SMILES string of the molecule is Cc1nc2ccc(N/C=C(\C=O)c3nc4cc(Cl)ccc4o3)cc2[nH]1. The van der Waals surface area contributed by atoms with Crippen LogP contribution >= 0.6 is 11.6 Å². The molecule has 0 radical (unpaired) electrons. The summed E-state index contributed by atoms with van der Waals surface area (Å²) in [4.78, 5) is 23.3. The molecule has 2 aromatic carbocycles. The number of aldehydes is 1. The molecule has 0 fully saturated rings. The minimum Gasteiger partial charge on any atom is -0.436 e. The molecule has 0 saturated heterocycles. The van der Waals surface area contributed by atoms with Crippen molar-refractivity contribution in [1.82, 2.24) is 15.0 Å². The third-order valence-corrected chi connectivity index (χ3v) is 3.95. The van der Waals surface area contributed by atoms with Crippen molar-refractivity contribution in [2.24, 2.45) is 0 Å². The number of benzene rings is 2. The van der Waals surface area contributed by atoms with Crippen LogP contribution in [0.5, 0.6) is 0 Å². The molecular weight excluding hydrogens is 340 g/mol. The molecule has 6 nitrogen and oxygen atoms in total. The molecule has 7 heteroatoms. The number of carbonyl (C=O) groups excluding carboxylic acids is 1. The van der Waals surface area contributed by atoms with Crippen LogP contribution in [-0.2, 0) is 4.79 Å². The largest absolute Gasteiger partial charge is 0.436 e. The molecule has 4 aromatic rings. The number of hydrogen-bond acceptors (Lipinski definition) is 5. The number of anilines is 1. The van der Waals surface area contributed by atoms with Crippen molar-refractivity contribution in [2.45, 2.75) is 6.92 Å². The fourth-order valence-electron chi connectivity index (χ4n) is 2.56. The van der Waals surface area contributed by atoms with E-state index in [-0.39, 0.29) is 5.89 Å². The van der Waals surface area contributed by atoms with Gasteiger partial charge in [-0.3, -0.25) is 4.79 Å². The standard InChI is InChI=1S/C18H13ClN4O2/c1-10-21-14-4-3-13(7-15(14)22-10)20-8-11(9-24)18-23-16-6-12(19)2-5-17(16)25-18/h2-9,20H,1H3,(H,21,22)/b11-8+. The number of carbonyl (C=O) groups is 1. The fraction of sp³-hybridized carbons (Fsp3) is 0.0556. The number of fused-ring (bicyclic) bond motifs is 2. The highest BCUT2D eigenvalue weighted by molar-refractivity contribution is 6.31. The van der Waals surface area contributed by atoms with Gasteiger partial charge in [0.2, 0.25) is 5.89 Å². The van der Waals surface area contributed by atoms with Crippen molar-refractivity contribution >= 4 is 51.3 Å². The molecule has 0 atom stereocenters. The number of imidazole rings is 1. The van der Waals surface area contributed by atoms with Crippen molar-refractivity contribution in [3.8, 4) is 0 Å². The van der Waals surface area contributed by atoms with Crippen LogP contribution in [0.1, 0.15) is 11.7 Å². The zero-order chi connectivity index (χ0) is 17.4. The van der Waals surface area contributed by atoms with Gasteiger partial charge in [-0.1, -0.05) is 11.6 Å². The first-order chi connectivity index (χ1) is 12.1. The van der Waals surface area contributed by atoms with E-state index in [0.29, 0.717) is 28.0 Å². The number of H-pyrrole nitrogens is 1. The van der Waals surface area contributed by atoms with Crippen LogP contribution < -0.4 is 5.32 Å². The predicted octanol–water partition coefficient (Wildman–Crippen LogP) is 4.32. The van der Waals surface area contributed by atoms with Crippen LogP contribution in [-0.4, -0.2) is 21.2 Å². The second-order valence-corrected chi connectivity index (χ2v) is 5.98. The number of oxazole rings is 1. The lowest BCUT2D eigenvalue weighted by molar-refractivity contribution is -0.103. The maximum absolute atomic E-state index is 11.4. The Morgan fingerprint density at radius 3 is 2.92 bits per heavy atom. The van der Waals surface area contributed by atoms with E-state index in [1.54, 1.807) is 24.4 Å². The number of hydrogen-bond donors (Lipinski definition) is 2. The van der Waals surface area contributed by atoms with Gasteiger partial charge in [0.25, 0.3) is 0 Å². The summed E-state index contributed by atoms with van der Waals surface area (Å²) in [6, 6.07) is 10.8.